The van der Waals surface area contributed by atoms with Gasteiger partial charge in [0.05, 0.1) is 19.3 Å². The van der Waals surface area contributed by atoms with Crippen LogP contribution in [0.3, 0.4) is 0 Å². The van der Waals surface area contributed by atoms with Gasteiger partial charge in [-0.1, -0.05) is 0 Å². The molecule has 0 amide bonds. The van der Waals surface area contributed by atoms with E-state index in [9.17, 15) is 0 Å². The second kappa shape index (κ2) is 3.40. The van der Waals surface area contributed by atoms with Crippen LogP contribution < -0.4 is 0 Å². The van der Waals surface area contributed by atoms with Crippen LogP contribution in [0.1, 0.15) is 6.42 Å². The SMILES string of the molecule is C=C=NC1CC2COCCN2C1. The van der Waals surface area contributed by atoms with Gasteiger partial charge in [0.1, 0.15) is 0 Å². The molecular formula is C9H14N2O. The summed E-state index contributed by atoms with van der Waals surface area (Å²) >= 11 is 0. The van der Waals surface area contributed by atoms with Gasteiger partial charge in [0.15, 0.2) is 0 Å². The highest BCUT2D eigenvalue weighted by Crippen LogP contribution is 2.22. The van der Waals surface area contributed by atoms with Crippen LogP contribution >= 0.6 is 0 Å². The first-order valence-electron chi connectivity index (χ1n) is 4.44. The first-order chi connectivity index (χ1) is 5.90. The molecule has 0 aromatic carbocycles. The Morgan fingerprint density at radius 2 is 2.50 bits per heavy atom. The number of aliphatic imine (C=N–C) groups is 1. The highest BCUT2D eigenvalue weighted by molar-refractivity contribution is 5.47. The Hall–Kier alpha value is -0.630. The molecule has 0 aromatic heterocycles. The lowest BCUT2D eigenvalue weighted by Gasteiger charge is -2.28. The number of rotatable bonds is 1. The van der Waals surface area contributed by atoms with Crippen molar-refractivity contribution in [2.75, 3.05) is 26.3 Å². The fourth-order valence-corrected chi connectivity index (χ4v) is 2.03. The molecule has 0 saturated carbocycles. The minimum atomic E-state index is 0.411. The van der Waals surface area contributed by atoms with Crippen molar-refractivity contribution in [3.63, 3.8) is 0 Å². The molecule has 0 bridgehead atoms. The smallest absolute Gasteiger partial charge is 0.0736 e. The second-order valence-corrected chi connectivity index (χ2v) is 3.40. The van der Waals surface area contributed by atoms with Crippen LogP contribution in [0.25, 0.3) is 0 Å². The van der Waals surface area contributed by atoms with E-state index >= 15 is 0 Å². The van der Waals surface area contributed by atoms with Gasteiger partial charge in [-0.2, -0.15) is 0 Å². The standard InChI is InChI=1S/C9H14N2O/c1-2-10-8-5-9-7-12-4-3-11(9)6-8/h8-9H,1,3-7H2. The van der Waals surface area contributed by atoms with E-state index in [2.05, 4.69) is 22.3 Å². The van der Waals surface area contributed by atoms with Crippen molar-refractivity contribution < 1.29 is 4.74 Å². The summed E-state index contributed by atoms with van der Waals surface area (Å²) in [7, 11) is 0. The number of hydrogen-bond acceptors (Lipinski definition) is 3. The molecule has 2 aliphatic rings. The number of nitrogens with zero attached hydrogens (tertiary/aromatic N) is 2. The van der Waals surface area contributed by atoms with Gasteiger partial charge in [-0.15, -0.1) is 0 Å². The summed E-state index contributed by atoms with van der Waals surface area (Å²) in [6.07, 6.45) is 1.11. The summed E-state index contributed by atoms with van der Waals surface area (Å²) < 4.78 is 5.39. The van der Waals surface area contributed by atoms with Crippen LogP contribution in [0.5, 0.6) is 0 Å². The average molecular weight is 166 g/mol. The Labute approximate surface area is 72.7 Å². The van der Waals surface area contributed by atoms with Gasteiger partial charge in [-0.3, -0.25) is 4.90 Å². The predicted octanol–water partition coefficient (Wildman–Crippen LogP) is 0.315. The van der Waals surface area contributed by atoms with E-state index in [1.54, 1.807) is 0 Å². The van der Waals surface area contributed by atoms with Crippen LogP contribution in [0.2, 0.25) is 0 Å². The zero-order valence-electron chi connectivity index (χ0n) is 7.20. The Morgan fingerprint density at radius 3 is 3.25 bits per heavy atom. The average Bonchev–Trinajstić information content (AvgIpc) is 2.47. The maximum absolute atomic E-state index is 5.39. The quantitative estimate of drug-likeness (QED) is 0.524. The fraction of sp³-hybridized carbons (Fsp3) is 0.778. The number of hydrogen-bond donors (Lipinski definition) is 0. The van der Waals surface area contributed by atoms with E-state index in [1.807, 2.05) is 0 Å². The Balaban J connectivity index is 1.98. The lowest BCUT2D eigenvalue weighted by molar-refractivity contribution is 0.0128. The van der Waals surface area contributed by atoms with Gasteiger partial charge in [0.2, 0.25) is 0 Å². The lowest BCUT2D eigenvalue weighted by atomic mass is 10.2. The number of ether oxygens (including phenoxy) is 1. The third kappa shape index (κ3) is 1.44. The molecule has 3 nitrogen and oxygen atoms in total. The van der Waals surface area contributed by atoms with E-state index in [0.29, 0.717) is 12.1 Å². The monoisotopic (exact) mass is 166 g/mol. The predicted molar refractivity (Wildman–Crippen MR) is 47.6 cm³/mol. The molecule has 2 heterocycles. The Bertz CT molecular complexity index is 197. The van der Waals surface area contributed by atoms with E-state index in [4.69, 9.17) is 4.74 Å². The van der Waals surface area contributed by atoms with Crippen LogP contribution in [0, 0.1) is 0 Å². The molecular weight excluding hydrogens is 152 g/mol. The molecule has 0 N–H and O–H groups in total. The highest BCUT2D eigenvalue weighted by Gasteiger charge is 2.33. The van der Waals surface area contributed by atoms with Gasteiger partial charge in [0, 0.05) is 19.1 Å². The molecule has 2 fully saturated rings. The van der Waals surface area contributed by atoms with E-state index in [-0.39, 0.29) is 0 Å². The summed E-state index contributed by atoms with van der Waals surface area (Å²) in [4.78, 5) is 6.64. The molecule has 12 heavy (non-hydrogen) atoms. The Kier molecular flexibility index (Phi) is 2.26. The van der Waals surface area contributed by atoms with Crippen LogP contribution in [-0.4, -0.2) is 49.2 Å². The van der Waals surface area contributed by atoms with Crippen molar-refractivity contribution in [2.45, 2.75) is 18.5 Å². The second-order valence-electron chi connectivity index (χ2n) is 3.40. The molecule has 2 saturated heterocycles. The summed E-state index contributed by atoms with van der Waals surface area (Å²) in [5.41, 5.74) is 0. The van der Waals surface area contributed by atoms with Crippen molar-refractivity contribution in [3.8, 4) is 0 Å². The minimum absolute atomic E-state index is 0.411. The van der Waals surface area contributed by atoms with E-state index in [0.717, 1.165) is 32.7 Å². The van der Waals surface area contributed by atoms with Crippen molar-refractivity contribution in [2.24, 2.45) is 4.99 Å². The fourth-order valence-electron chi connectivity index (χ4n) is 2.03. The Morgan fingerprint density at radius 1 is 1.58 bits per heavy atom. The maximum Gasteiger partial charge on any atom is 0.0736 e. The van der Waals surface area contributed by atoms with Crippen LogP contribution in [0.15, 0.2) is 11.6 Å². The summed E-state index contributed by atoms with van der Waals surface area (Å²) in [6.45, 7) is 7.38. The van der Waals surface area contributed by atoms with Crippen LogP contribution in [0.4, 0.5) is 0 Å². The van der Waals surface area contributed by atoms with Crippen molar-refractivity contribution >= 4 is 5.87 Å². The van der Waals surface area contributed by atoms with Crippen LogP contribution in [-0.2, 0) is 4.74 Å². The van der Waals surface area contributed by atoms with Crippen molar-refractivity contribution in [1.82, 2.24) is 4.90 Å². The number of fused-ring (bicyclic) bond motifs is 1. The largest absolute Gasteiger partial charge is 0.378 e. The number of morpholine rings is 1. The molecule has 2 aliphatic heterocycles. The van der Waals surface area contributed by atoms with E-state index in [1.165, 1.54) is 0 Å². The molecule has 2 unspecified atom stereocenters. The molecule has 0 aromatic rings. The third-order valence-electron chi connectivity index (χ3n) is 2.61. The molecule has 66 valence electrons. The lowest BCUT2D eigenvalue weighted by Crippen LogP contribution is -2.40. The van der Waals surface area contributed by atoms with E-state index < -0.39 is 0 Å². The normalized spacial score (nSPS) is 35.7. The highest BCUT2D eigenvalue weighted by atomic mass is 16.5. The van der Waals surface area contributed by atoms with Gasteiger partial charge in [-0.05, 0) is 18.9 Å². The summed E-state index contributed by atoms with van der Waals surface area (Å²) in [5.74, 6) is 2.63. The molecule has 3 heteroatoms. The van der Waals surface area contributed by atoms with Gasteiger partial charge < -0.3 is 4.74 Å². The van der Waals surface area contributed by atoms with Gasteiger partial charge in [0.25, 0.3) is 0 Å². The minimum Gasteiger partial charge on any atom is -0.378 e. The summed E-state index contributed by atoms with van der Waals surface area (Å²) in [5, 5.41) is 0. The van der Waals surface area contributed by atoms with Crippen molar-refractivity contribution in [3.05, 3.63) is 6.58 Å². The molecule has 0 spiro atoms. The summed E-state index contributed by atoms with van der Waals surface area (Å²) in [6, 6.07) is 1.01. The van der Waals surface area contributed by atoms with Gasteiger partial charge in [-0.25, -0.2) is 4.99 Å². The maximum atomic E-state index is 5.39. The topological polar surface area (TPSA) is 24.8 Å². The van der Waals surface area contributed by atoms with Gasteiger partial charge >= 0.3 is 0 Å². The zero-order chi connectivity index (χ0) is 8.39. The zero-order valence-corrected chi connectivity index (χ0v) is 7.20. The molecule has 0 aliphatic carbocycles. The molecule has 2 rings (SSSR count). The third-order valence-corrected chi connectivity index (χ3v) is 2.61. The van der Waals surface area contributed by atoms with Crippen molar-refractivity contribution in [1.29, 1.82) is 0 Å². The first kappa shape index (κ1) is 7.99. The molecule has 2 atom stereocenters. The first-order valence-corrected chi connectivity index (χ1v) is 4.44. The molecule has 0 radical (unpaired) electrons.